The highest BCUT2D eigenvalue weighted by Gasteiger charge is 2.56. The zero-order valence-electron chi connectivity index (χ0n) is 15.8. The molecule has 1 aliphatic carbocycles. The van der Waals surface area contributed by atoms with Crippen molar-refractivity contribution in [1.29, 1.82) is 0 Å². The summed E-state index contributed by atoms with van der Waals surface area (Å²) >= 11 is 0. The summed E-state index contributed by atoms with van der Waals surface area (Å²) in [6.45, 7) is 2.45. The number of piperidine rings is 1. The Morgan fingerprint density at radius 1 is 1.18 bits per heavy atom. The molecule has 3 aliphatic rings. The van der Waals surface area contributed by atoms with Crippen molar-refractivity contribution in [2.45, 2.75) is 32.1 Å². The number of likely N-dealkylation sites (tertiary alicyclic amines) is 1. The van der Waals surface area contributed by atoms with E-state index < -0.39 is 11.4 Å². The first-order chi connectivity index (χ1) is 13.6. The van der Waals surface area contributed by atoms with Gasteiger partial charge in [0, 0.05) is 32.1 Å². The number of carbonyl (C=O) groups excluding carboxylic acids is 1. The number of benzene rings is 1. The summed E-state index contributed by atoms with van der Waals surface area (Å²) in [7, 11) is 0. The molecular weight excluding hydrogens is 358 g/mol. The maximum absolute atomic E-state index is 13.1. The van der Waals surface area contributed by atoms with Gasteiger partial charge in [0.15, 0.2) is 5.58 Å². The van der Waals surface area contributed by atoms with Crippen molar-refractivity contribution in [2.24, 2.45) is 17.3 Å². The molecule has 148 valence electrons. The summed E-state index contributed by atoms with van der Waals surface area (Å²) in [5.74, 6) is -0.512. The molecule has 2 aromatic rings. The lowest BCUT2D eigenvalue weighted by molar-refractivity contribution is -0.149. The van der Waals surface area contributed by atoms with Gasteiger partial charge in [-0.25, -0.2) is 0 Å². The molecule has 3 heterocycles. The van der Waals surface area contributed by atoms with Crippen molar-refractivity contribution in [3.8, 4) is 0 Å². The molecule has 1 aromatic heterocycles. The van der Waals surface area contributed by atoms with Crippen LogP contribution in [0.5, 0.6) is 0 Å². The molecule has 0 spiro atoms. The minimum atomic E-state index is -0.726. The number of amides is 1. The summed E-state index contributed by atoms with van der Waals surface area (Å²) in [5, 5.41) is 9.74. The van der Waals surface area contributed by atoms with Crippen LogP contribution in [0.3, 0.4) is 0 Å². The van der Waals surface area contributed by atoms with Crippen LogP contribution >= 0.6 is 0 Å². The van der Waals surface area contributed by atoms with E-state index >= 15 is 0 Å². The summed E-state index contributed by atoms with van der Waals surface area (Å²) in [4.78, 5) is 33.4. The van der Waals surface area contributed by atoms with E-state index in [-0.39, 0.29) is 17.7 Å². The van der Waals surface area contributed by atoms with Crippen LogP contribution in [0.15, 0.2) is 28.7 Å². The highest BCUT2D eigenvalue weighted by Crippen LogP contribution is 2.49. The number of hydrogen-bond donors (Lipinski definition) is 1. The topological polar surface area (TPSA) is 86.9 Å². The van der Waals surface area contributed by atoms with Crippen LogP contribution in [-0.2, 0) is 9.59 Å². The van der Waals surface area contributed by atoms with Crippen molar-refractivity contribution in [1.82, 2.24) is 9.88 Å². The van der Waals surface area contributed by atoms with Crippen LogP contribution in [0.1, 0.15) is 32.1 Å². The van der Waals surface area contributed by atoms with Crippen LogP contribution in [0.25, 0.3) is 11.1 Å². The number of nitrogens with zero attached hydrogens (tertiary/aromatic N) is 3. The lowest BCUT2D eigenvalue weighted by Crippen LogP contribution is -2.43. The van der Waals surface area contributed by atoms with Crippen molar-refractivity contribution >= 4 is 29.0 Å². The van der Waals surface area contributed by atoms with Gasteiger partial charge in [-0.2, -0.15) is 4.98 Å². The molecule has 5 rings (SSSR count). The molecule has 2 saturated heterocycles. The number of carbonyl (C=O) groups is 2. The molecular formula is C21H25N3O4. The Bertz CT molecular complexity index is 884. The largest absolute Gasteiger partial charge is 0.481 e. The lowest BCUT2D eigenvalue weighted by atomic mass is 9.81. The van der Waals surface area contributed by atoms with Crippen molar-refractivity contribution in [2.75, 3.05) is 31.1 Å². The standard InChI is InChI=1S/C21H25N3O4/c25-18(24-12-15-4-3-9-21(15,13-24)19(26)27)14-7-10-23(11-8-14)20-22-16-5-1-2-6-17(16)28-20/h1-2,5-6,14-15H,3-4,7-13H2,(H,26,27)/t15-,21+/m0/s1. The number of rotatable bonds is 3. The van der Waals surface area contributed by atoms with E-state index in [1.165, 1.54) is 0 Å². The van der Waals surface area contributed by atoms with Crippen molar-refractivity contribution < 1.29 is 19.1 Å². The van der Waals surface area contributed by atoms with Gasteiger partial charge in [0.25, 0.3) is 6.01 Å². The predicted molar refractivity (Wildman–Crippen MR) is 103 cm³/mol. The number of aromatic nitrogens is 1. The Hall–Kier alpha value is -2.57. The van der Waals surface area contributed by atoms with Crippen molar-refractivity contribution in [3.63, 3.8) is 0 Å². The first kappa shape index (κ1) is 17.5. The maximum atomic E-state index is 13.1. The maximum Gasteiger partial charge on any atom is 0.311 e. The summed E-state index contributed by atoms with van der Waals surface area (Å²) in [6, 6.07) is 8.32. The first-order valence-electron chi connectivity index (χ1n) is 10.2. The molecule has 1 amide bonds. The molecule has 0 bridgehead atoms. The third-order valence-electron chi connectivity index (χ3n) is 7.01. The number of anilines is 1. The van der Waals surface area contributed by atoms with E-state index in [2.05, 4.69) is 9.88 Å². The molecule has 28 heavy (non-hydrogen) atoms. The van der Waals surface area contributed by atoms with Gasteiger partial charge in [0.2, 0.25) is 5.91 Å². The minimum absolute atomic E-state index is 0.0368. The molecule has 1 N–H and O–H groups in total. The third kappa shape index (κ3) is 2.67. The second-order valence-electron chi connectivity index (χ2n) is 8.49. The number of carboxylic acid groups (broad SMARTS) is 1. The Morgan fingerprint density at radius 2 is 1.96 bits per heavy atom. The number of fused-ring (bicyclic) bond motifs is 2. The van der Waals surface area contributed by atoms with E-state index in [1.54, 1.807) is 0 Å². The smallest absolute Gasteiger partial charge is 0.311 e. The van der Waals surface area contributed by atoms with Gasteiger partial charge >= 0.3 is 5.97 Å². The van der Waals surface area contributed by atoms with Crippen LogP contribution in [0, 0.1) is 17.3 Å². The molecule has 0 radical (unpaired) electrons. The van der Waals surface area contributed by atoms with Gasteiger partial charge in [-0.05, 0) is 43.7 Å². The molecule has 1 saturated carbocycles. The minimum Gasteiger partial charge on any atom is -0.481 e. The quantitative estimate of drug-likeness (QED) is 0.877. The fourth-order valence-corrected chi connectivity index (χ4v) is 5.38. The average molecular weight is 383 g/mol. The van der Waals surface area contributed by atoms with E-state index in [0.29, 0.717) is 25.5 Å². The Kier molecular flexibility index (Phi) is 4.07. The highest BCUT2D eigenvalue weighted by atomic mass is 16.4. The number of aliphatic carboxylic acids is 1. The van der Waals surface area contributed by atoms with Gasteiger partial charge < -0.3 is 19.3 Å². The Morgan fingerprint density at radius 3 is 2.68 bits per heavy atom. The van der Waals surface area contributed by atoms with E-state index in [0.717, 1.165) is 49.9 Å². The Balaban J connectivity index is 1.23. The molecule has 2 atom stereocenters. The van der Waals surface area contributed by atoms with E-state index in [1.807, 2.05) is 29.2 Å². The highest BCUT2D eigenvalue weighted by molar-refractivity contribution is 5.83. The molecule has 7 heteroatoms. The second kappa shape index (κ2) is 6.50. The van der Waals surface area contributed by atoms with Gasteiger partial charge in [-0.3, -0.25) is 9.59 Å². The summed E-state index contributed by atoms with van der Waals surface area (Å²) < 4.78 is 5.85. The van der Waals surface area contributed by atoms with Gasteiger partial charge in [0.1, 0.15) is 5.52 Å². The lowest BCUT2D eigenvalue weighted by Gasteiger charge is -2.32. The number of oxazole rings is 1. The Labute approximate surface area is 163 Å². The normalized spacial score (nSPS) is 28.1. The van der Waals surface area contributed by atoms with Crippen LogP contribution in [-0.4, -0.2) is 53.0 Å². The number of para-hydroxylation sites is 2. The summed E-state index contributed by atoms with van der Waals surface area (Å²) in [5.41, 5.74) is 0.922. The average Bonchev–Trinajstić information content (AvgIpc) is 3.39. The van der Waals surface area contributed by atoms with Crippen LogP contribution < -0.4 is 4.90 Å². The van der Waals surface area contributed by atoms with Gasteiger partial charge in [-0.1, -0.05) is 18.6 Å². The van der Waals surface area contributed by atoms with Crippen molar-refractivity contribution in [3.05, 3.63) is 24.3 Å². The third-order valence-corrected chi connectivity index (χ3v) is 7.01. The van der Waals surface area contributed by atoms with E-state index in [4.69, 9.17) is 4.42 Å². The molecule has 7 nitrogen and oxygen atoms in total. The zero-order chi connectivity index (χ0) is 19.3. The van der Waals surface area contributed by atoms with Crippen LogP contribution in [0.2, 0.25) is 0 Å². The van der Waals surface area contributed by atoms with E-state index in [9.17, 15) is 14.7 Å². The first-order valence-corrected chi connectivity index (χ1v) is 10.2. The fourth-order valence-electron chi connectivity index (χ4n) is 5.38. The predicted octanol–water partition coefficient (Wildman–Crippen LogP) is 2.76. The van der Waals surface area contributed by atoms with Crippen LogP contribution in [0.4, 0.5) is 6.01 Å². The van der Waals surface area contributed by atoms with Gasteiger partial charge in [-0.15, -0.1) is 0 Å². The molecule has 1 aromatic carbocycles. The second-order valence-corrected chi connectivity index (χ2v) is 8.49. The SMILES string of the molecule is O=C(C1CCN(c2nc3ccccc3o2)CC1)N1C[C@@H]2CCC[C@@]2(C(=O)O)C1. The molecule has 0 unspecified atom stereocenters. The molecule has 2 aliphatic heterocycles. The molecule has 3 fully saturated rings. The monoisotopic (exact) mass is 383 g/mol. The summed E-state index contributed by atoms with van der Waals surface area (Å²) in [6.07, 6.45) is 4.08. The zero-order valence-corrected chi connectivity index (χ0v) is 15.8. The van der Waals surface area contributed by atoms with Gasteiger partial charge in [0.05, 0.1) is 5.41 Å². The number of carboxylic acids is 1. The number of hydrogen-bond acceptors (Lipinski definition) is 5. The fraction of sp³-hybridized carbons (Fsp3) is 0.571.